The zero-order chi connectivity index (χ0) is 13.8. The highest BCUT2D eigenvalue weighted by Gasteiger charge is 2.16. The van der Waals surface area contributed by atoms with Gasteiger partial charge in [0, 0.05) is 13.6 Å². The summed E-state index contributed by atoms with van der Waals surface area (Å²) in [7, 11) is 1.73. The van der Waals surface area contributed by atoms with Crippen molar-refractivity contribution in [2.24, 2.45) is 0 Å². The zero-order valence-electron chi connectivity index (χ0n) is 10.9. The molecule has 0 radical (unpaired) electrons. The van der Waals surface area contributed by atoms with Gasteiger partial charge < -0.3 is 9.32 Å². The van der Waals surface area contributed by atoms with Crippen LogP contribution < -0.4 is 0 Å². The molecular formula is C15H14N2O2. The van der Waals surface area contributed by atoms with Gasteiger partial charge in [0.05, 0.1) is 23.5 Å². The van der Waals surface area contributed by atoms with Gasteiger partial charge in [-0.05, 0) is 30.7 Å². The van der Waals surface area contributed by atoms with E-state index in [1.165, 1.54) is 6.26 Å². The van der Waals surface area contributed by atoms with Gasteiger partial charge in [0.15, 0.2) is 0 Å². The molecule has 4 nitrogen and oxygen atoms in total. The average molecular weight is 254 g/mol. The third-order valence-corrected chi connectivity index (χ3v) is 2.91. The molecule has 1 aromatic carbocycles. The lowest BCUT2D eigenvalue weighted by Crippen LogP contribution is -2.26. The first-order valence-electron chi connectivity index (χ1n) is 5.90. The minimum Gasteiger partial charge on any atom is -0.469 e. The molecule has 0 saturated heterocycles. The van der Waals surface area contributed by atoms with Crippen LogP contribution in [0.4, 0.5) is 0 Å². The number of furan rings is 1. The standard InChI is InChI=1S/C15H14N2O2/c1-11-14(6-7-19-11)15(18)17(2)10-13-5-3-4-12(8-13)9-16/h3-8H,10H2,1-2H3. The Morgan fingerprint density at radius 2 is 2.21 bits per heavy atom. The van der Waals surface area contributed by atoms with Crippen LogP contribution in [0.3, 0.4) is 0 Å². The number of nitriles is 1. The first-order valence-corrected chi connectivity index (χ1v) is 5.90. The van der Waals surface area contributed by atoms with Crippen molar-refractivity contribution < 1.29 is 9.21 Å². The number of carbonyl (C=O) groups is 1. The molecule has 1 amide bonds. The Hall–Kier alpha value is -2.54. The molecule has 4 heteroatoms. The maximum absolute atomic E-state index is 12.2. The molecule has 0 spiro atoms. The summed E-state index contributed by atoms with van der Waals surface area (Å²) in [4.78, 5) is 13.8. The van der Waals surface area contributed by atoms with Crippen molar-refractivity contribution in [3.05, 3.63) is 59.0 Å². The second-order valence-electron chi connectivity index (χ2n) is 4.36. The molecule has 0 fully saturated rings. The number of benzene rings is 1. The normalized spacial score (nSPS) is 9.95. The summed E-state index contributed by atoms with van der Waals surface area (Å²) in [5.41, 5.74) is 2.09. The molecule has 96 valence electrons. The van der Waals surface area contributed by atoms with Crippen LogP contribution in [0.1, 0.15) is 27.2 Å². The second-order valence-corrected chi connectivity index (χ2v) is 4.36. The van der Waals surface area contributed by atoms with Gasteiger partial charge in [0.2, 0.25) is 0 Å². The van der Waals surface area contributed by atoms with Crippen LogP contribution in [0.25, 0.3) is 0 Å². The molecule has 1 aromatic heterocycles. The molecule has 0 atom stereocenters. The van der Waals surface area contributed by atoms with Gasteiger partial charge in [0.1, 0.15) is 5.76 Å². The Morgan fingerprint density at radius 3 is 2.84 bits per heavy atom. The minimum absolute atomic E-state index is 0.0892. The summed E-state index contributed by atoms with van der Waals surface area (Å²) in [5.74, 6) is 0.524. The summed E-state index contributed by atoms with van der Waals surface area (Å²) < 4.78 is 5.13. The number of aryl methyl sites for hydroxylation is 1. The lowest BCUT2D eigenvalue weighted by molar-refractivity contribution is 0.0783. The lowest BCUT2D eigenvalue weighted by atomic mass is 10.1. The number of amides is 1. The Labute approximate surface area is 111 Å². The van der Waals surface area contributed by atoms with E-state index in [9.17, 15) is 4.79 Å². The number of rotatable bonds is 3. The molecule has 0 aliphatic heterocycles. The highest BCUT2D eigenvalue weighted by molar-refractivity contribution is 5.94. The predicted molar refractivity (Wildman–Crippen MR) is 70.4 cm³/mol. The van der Waals surface area contributed by atoms with Crippen molar-refractivity contribution in [1.82, 2.24) is 4.90 Å². The predicted octanol–water partition coefficient (Wildman–Crippen LogP) is 2.73. The first kappa shape index (κ1) is 12.9. The Bertz CT molecular complexity index is 638. The Kier molecular flexibility index (Phi) is 3.67. The van der Waals surface area contributed by atoms with Crippen LogP contribution >= 0.6 is 0 Å². The lowest BCUT2D eigenvalue weighted by Gasteiger charge is -2.17. The van der Waals surface area contributed by atoms with Crippen molar-refractivity contribution in [3.63, 3.8) is 0 Å². The minimum atomic E-state index is -0.0892. The van der Waals surface area contributed by atoms with Gasteiger partial charge in [-0.2, -0.15) is 5.26 Å². The van der Waals surface area contributed by atoms with E-state index in [-0.39, 0.29) is 5.91 Å². The topological polar surface area (TPSA) is 57.2 Å². The summed E-state index contributed by atoms with van der Waals surface area (Å²) >= 11 is 0. The van der Waals surface area contributed by atoms with Gasteiger partial charge in [-0.1, -0.05) is 12.1 Å². The molecule has 0 aliphatic rings. The monoisotopic (exact) mass is 254 g/mol. The number of hydrogen-bond acceptors (Lipinski definition) is 3. The van der Waals surface area contributed by atoms with E-state index in [0.29, 0.717) is 23.4 Å². The van der Waals surface area contributed by atoms with Crippen molar-refractivity contribution >= 4 is 5.91 Å². The molecule has 1 heterocycles. The first-order chi connectivity index (χ1) is 9.11. The van der Waals surface area contributed by atoms with E-state index in [1.807, 2.05) is 12.1 Å². The summed E-state index contributed by atoms with van der Waals surface area (Å²) in [5, 5.41) is 8.85. The smallest absolute Gasteiger partial charge is 0.257 e. The summed E-state index contributed by atoms with van der Waals surface area (Å²) in [6.07, 6.45) is 1.51. The van der Waals surface area contributed by atoms with Gasteiger partial charge in [-0.15, -0.1) is 0 Å². The van der Waals surface area contributed by atoms with Crippen molar-refractivity contribution in [3.8, 4) is 6.07 Å². The number of nitrogens with zero attached hydrogens (tertiary/aromatic N) is 2. The fourth-order valence-corrected chi connectivity index (χ4v) is 1.90. The molecule has 2 aromatic rings. The van der Waals surface area contributed by atoms with Crippen LogP contribution in [0, 0.1) is 18.3 Å². The highest BCUT2D eigenvalue weighted by atomic mass is 16.3. The van der Waals surface area contributed by atoms with E-state index in [4.69, 9.17) is 9.68 Å². The molecule has 0 saturated carbocycles. The van der Waals surface area contributed by atoms with Crippen LogP contribution in [0.5, 0.6) is 0 Å². The van der Waals surface area contributed by atoms with Gasteiger partial charge in [-0.3, -0.25) is 4.79 Å². The summed E-state index contributed by atoms with van der Waals surface area (Å²) in [6.45, 7) is 2.22. The Morgan fingerprint density at radius 1 is 1.42 bits per heavy atom. The van der Waals surface area contributed by atoms with E-state index in [0.717, 1.165) is 5.56 Å². The van der Waals surface area contributed by atoms with E-state index in [1.54, 1.807) is 37.1 Å². The van der Waals surface area contributed by atoms with Gasteiger partial charge in [0.25, 0.3) is 5.91 Å². The molecular weight excluding hydrogens is 240 g/mol. The maximum atomic E-state index is 12.2. The number of carbonyl (C=O) groups excluding carboxylic acids is 1. The third-order valence-electron chi connectivity index (χ3n) is 2.91. The van der Waals surface area contributed by atoms with Crippen LogP contribution in [-0.2, 0) is 6.54 Å². The SMILES string of the molecule is Cc1occc1C(=O)N(C)Cc1cccc(C#N)c1. The molecule has 0 bridgehead atoms. The van der Waals surface area contributed by atoms with Crippen LogP contribution in [0.15, 0.2) is 41.0 Å². The largest absolute Gasteiger partial charge is 0.469 e. The quantitative estimate of drug-likeness (QED) is 0.846. The van der Waals surface area contributed by atoms with Crippen LogP contribution in [0.2, 0.25) is 0 Å². The van der Waals surface area contributed by atoms with E-state index in [2.05, 4.69) is 6.07 Å². The average Bonchev–Trinajstić information content (AvgIpc) is 2.84. The van der Waals surface area contributed by atoms with E-state index >= 15 is 0 Å². The van der Waals surface area contributed by atoms with Gasteiger partial charge in [-0.25, -0.2) is 0 Å². The summed E-state index contributed by atoms with van der Waals surface area (Å²) in [6, 6.07) is 11.0. The zero-order valence-corrected chi connectivity index (χ0v) is 10.9. The Balaban J connectivity index is 2.13. The molecule has 0 N–H and O–H groups in total. The fourth-order valence-electron chi connectivity index (χ4n) is 1.90. The number of hydrogen-bond donors (Lipinski definition) is 0. The molecule has 19 heavy (non-hydrogen) atoms. The van der Waals surface area contributed by atoms with Crippen LogP contribution in [-0.4, -0.2) is 17.9 Å². The second kappa shape index (κ2) is 5.40. The van der Waals surface area contributed by atoms with Gasteiger partial charge >= 0.3 is 0 Å². The molecule has 2 rings (SSSR count). The fraction of sp³-hybridized carbons (Fsp3) is 0.200. The maximum Gasteiger partial charge on any atom is 0.257 e. The van der Waals surface area contributed by atoms with Crippen molar-refractivity contribution in [1.29, 1.82) is 5.26 Å². The van der Waals surface area contributed by atoms with E-state index < -0.39 is 0 Å². The van der Waals surface area contributed by atoms with Crippen molar-refractivity contribution in [2.45, 2.75) is 13.5 Å². The molecule has 0 aliphatic carbocycles. The van der Waals surface area contributed by atoms with Crippen molar-refractivity contribution in [2.75, 3.05) is 7.05 Å². The molecule has 0 unspecified atom stereocenters. The highest BCUT2D eigenvalue weighted by Crippen LogP contribution is 2.14. The third kappa shape index (κ3) is 2.83.